The summed E-state index contributed by atoms with van der Waals surface area (Å²) < 4.78 is 35.1. The highest BCUT2D eigenvalue weighted by molar-refractivity contribution is 5.94. The average molecular weight is 474 g/mol. The van der Waals surface area contributed by atoms with Crippen molar-refractivity contribution in [3.8, 4) is 11.5 Å². The van der Waals surface area contributed by atoms with E-state index in [9.17, 15) is 23.5 Å². The number of rotatable bonds is 4. The van der Waals surface area contributed by atoms with Gasteiger partial charge in [0.15, 0.2) is 11.5 Å². The minimum absolute atomic E-state index is 0.0681. The number of nitrogens with zero attached hydrogens (tertiary/aromatic N) is 4. The first-order chi connectivity index (χ1) is 15.9. The average Bonchev–Trinajstić information content (AvgIpc) is 3.09. The first-order valence-electron chi connectivity index (χ1n) is 10.7. The van der Waals surface area contributed by atoms with Crippen molar-refractivity contribution in [2.24, 2.45) is 0 Å². The second-order valence-electron chi connectivity index (χ2n) is 8.69. The first-order valence-corrected chi connectivity index (χ1v) is 10.7. The SMILES string of the molecule is CC1CN(C(=O)/C=C/c2ccc3c(c2)OC(F)(F)O3)CCN1C(=O)c1cc(C(C)(C)O)ncn1. The van der Waals surface area contributed by atoms with E-state index in [0.29, 0.717) is 30.9 Å². The van der Waals surface area contributed by atoms with Gasteiger partial charge in [-0.1, -0.05) is 6.07 Å². The van der Waals surface area contributed by atoms with Crippen LogP contribution in [0.2, 0.25) is 0 Å². The molecule has 2 aliphatic heterocycles. The molecule has 1 saturated heterocycles. The van der Waals surface area contributed by atoms with Gasteiger partial charge in [0.2, 0.25) is 5.91 Å². The summed E-state index contributed by atoms with van der Waals surface area (Å²) in [5.74, 6) is -0.743. The number of benzene rings is 1. The number of ether oxygens (including phenoxy) is 2. The maximum absolute atomic E-state index is 13.2. The second-order valence-corrected chi connectivity index (χ2v) is 8.69. The summed E-state index contributed by atoms with van der Waals surface area (Å²) in [6.45, 7) is 5.91. The third-order valence-electron chi connectivity index (χ3n) is 5.56. The van der Waals surface area contributed by atoms with Crippen molar-refractivity contribution in [2.45, 2.75) is 38.7 Å². The van der Waals surface area contributed by atoms with Crippen LogP contribution in [-0.2, 0) is 10.4 Å². The fraction of sp³-hybridized carbons (Fsp3) is 0.391. The molecule has 1 atom stereocenters. The highest BCUT2D eigenvalue weighted by Gasteiger charge is 2.43. The number of alkyl halides is 2. The predicted molar refractivity (Wildman–Crippen MR) is 116 cm³/mol. The summed E-state index contributed by atoms with van der Waals surface area (Å²) in [6, 6.07) is 5.45. The number of fused-ring (bicyclic) bond motifs is 1. The maximum Gasteiger partial charge on any atom is 0.586 e. The molecule has 11 heteroatoms. The molecule has 180 valence electrons. The minimum atomic E-state index is -3.70. The lowest BCUT2D eigenvalue weighted by molar-refractivity contribution is -0.286. The van der Waals surface area contributed by atoms with Crippen molar-refractivity contribution in [3.63, 3.8) is 0 Å². The Bertz CT molecular complexity index is 1150. The number of aromatic nitrogens is 2. The molecule has 34 heavy (non-hydrogen) atoms. The number of amides is 2. The van der Waals surface area contributed by atoms with Gasteiger partial charge in [-0.3, -0.25) is 9.59 Å². The number of hydrogen-bond donors (Lipinski definition) is 1. The summed E-state index contributed by atoms with van der Waals surface area (Å²) in [5.41, 5.74) is -0.196. The van der Waals surface area contributed by atoms with Gasteiger partial charge in [0, 0.05) is 31.8 Å². The van der Waals surface area contributed by atoms with Crippen molar-refractivity contribution in [2.75, 3.05) is 19.6 Å². The molecule has 1 N–H and O–H groups in total. The highest BCUT2D eigenvalue weighted by atomic mass is 19.3. The Morgan fingerprint density at radius 1 is 1.18 bits per heavy atom. The number of hydrogen-bond acceptors (Lipinski definition) is 7. The number of piperazine rings is 1. The number of carbonyl (C=O) groups excluding carboxylic acids is 2. The summed E-state index contributed by atoms with van der Waals surface area (Å²) in [4.78, 5) is 36.9. The normalized spacial score (nSPS) is 19.5. The lowest BCUT2D eigenvalue weighted by Gasteiger charge is -2.39. The van der Waals surface area contributed by atoms with Crippen LogP contribution in [-0.4, -0.2) is 68.7 Å². The topological polar surface area (TPSA) is 105 Å². The minimum Gasteiger partial charge on any atom is -0.395 e. The molecule has 1 aromatic heterocycles. The molecule has 0 aliphatic carbocycles. The van der Waals surface area contributed by atoms with E-state index in [1.54, 1.807) is 23.6 Å². The summed E-state index contributed by atoms with van der Waals surface area (Å²) >= 11 is 0. The van der Waals surface area contributed by atoms with Crippen LogP contribution in [0.1, 0.15) is 42.5 Å². The largest absolute Gasteiger partial charge is 0.586 e. The predicted octanol–water partition coefficient (Wildman–Crippen LogP) is 2.41. The molecule has 2 amide bonds. The van der Waals surface area contributed by atoms with Crippen LogP contribution in [0.15, 0.2) is 36.7 Å². The van der Waals surface area contributed by atoms with E-state index >= 15 is 0 Å². The van der Waals surface area contributed by atoms with Crippen LogP contribution in [0.4, 0.5) is 8.78 Å². The number of carbonyl (C=O) groups is 2. The van der Waals surface area contributed by atoms with E-state index in [1.165, 1.54) is 42.7 Å². The standard InChI is InChI=1S/C23H24F2N4O5/c1-14-12-28(8-9-29(14)21(31)16-11-19(22(2,3)32)27-13-26-16)20(30)7-5-15-4-6-17-18(10-15)34-23(24,25)33-17/h4-7,10-11,13-14,32H,8-9,12H2,1-3H3/b7-5+. The molecule has 0 bridgehead atoms. The Labute approximate surface area is 194 Å². The van der Waals surface area contributed by atoms with Crippen LogP contribution in [0.25, 0.3) is 6.08 Å². The van der Waals surface area contributed by atoms with E-state index < -0.39 is 11.9 Å². The molecule has 1 aromatic carbocycles. The summed E-state index contributed by atoms with van der Waals surface area (Å²) in [5, 5.41) is 10.1. The van der Waals surface area contributed by atoms with Gasteiger partial charge in [-0.25, -0.2) is 9.97 Å². The zero-order valence-electron chi connectivity index (χ0n) is 18.9. The quantitative estimate of drug-likeness (QED) is 0.679. The summed E-state index contributed by atoms with van der Waals surface area (Å²) in [6.07, 6.45) is 0.395. The van der Waals surface area contributed by atoms with E-state index in [4.69, 9.17) is 0 Å². The van der Waals surface area contributed by atoms with Crippen molar-refractivity contribution in [1.82, 2.24) is 19.8 Å². The molecular formula is C23H24F2N4O5. The summed E-state index contributed by atoms with van der Waals surface area (Å²) in [7, 11) is 0. The lowest BCUT2D eigenvalue weighted by atomic mass is 10.0. The Kier molecular flexibility index (Phi) is 5.98. The number of halogens is 2. The van der Waals surface area contributed by atoms with Crippen molar-refractivity contribution in [1.29, 1.82) is 0 Å². The first kappa shape index (κ1) is 23.6. The van der Waals surface area contributed by atoms with Crippen LogP contribution in [0, 0.1) is 0 Å². The highest BCUT2D eigenvalue weighted by Crippen LogP contribution is 2.41. The molecule has 9 nitrogen and oxygen atoms in total. The van der Waals surface area contributed by atoms with Crippen LogP contribution >= 0.6 is 0 Å². The van der Waals surface area contributed by atoms with Crippen molar-refractivity contribution < 1.29 is 33.0 Å². The zero-order chi connectivity index (χ0) is 24.7. The lowest BCUT2D eigenvalue weighted by Crippen LogP contribution is -2.55. The molecular weight excluding hydrogens is 450 g/mol. The molecule has 3 heterocycles. The van der Waals surface area contributed by atoms with Gasteiger partial charge in [-0.2, -0.15) is 0 Å². The fourth-order valence-corrected chi connectivity index (χ4v) is 3.76. The molecule has 1 unspecified atom stereocenters. The van der Waals surface area contributed by atoms with Crippen molar-refractivity contribution in [3.05, 3.63) is 53.6 Å². The van der Waals surface area contributed by atoms with Crippen molar-refractivity contribution >= 4 is 17.9 Å². The van der Waals surface area contributed by atoms with Gasteiger partial charge in [0.05, 0.1) is 5.69 Å². The Hall–Kier alpha value is -3.60. The molecule has 4 rings (SSSR count). The third kappa shape index (κ3) is 4.98. The van der Waals surface area contributed by atoms with Gasteiger partial charge in [-0.15, -0.1) is 8.78 Å². The van der Waals surface area contributed by atoms with Gasteiger partial charge in [-0.05, 0) is 50.6 Å². The molecule has 0 spiro atoms. The van der Waals surface area contributed by atoms with Gasteiger partial charge in [0.25, 0.3) is 5.91 Å². The fourth-order valence-electron chi connectivity index (χ4n) is 3.76. The molecule has 0 radical (unpaired) electrons. The van der Waals surface area contributed by atoms with Gasteiger partial charge < -0.3 is 24.4 Å². The zero-order valence-corrected chi connectivity index (χ0v) is 18.9. The molecule has 2 aliphatic rings. The van der Waals surface area contributed by atoms with E-state index in [1.807, 2.05) is 6.92 Å². The molecule has 0 saturated carbocycles. The van der Waals surface area contributed by atoms with Gasteiger partial charge in [0.1, 0.15) is 17.6 Å². The second kappa shape index (κ2) is 8.64. The third-order valence-corrected chi connectivity index (χ3v) is 5.56. The van der Waals surface area contributed by atoms with E-state index in [0.717, 1.165) is 0 Å². The van der Waals surface area contributed by atoms with Crippen LogP contribution in [0.5, 0.6) is 11.5 Å². The number of aliphatic hydroxyl groups is 1. The Morgan fingerprint density at radius 2 is 1.91 bits per heavy atom. The molecule has 1 fully saturated rings. The smallest absolute Gasteiger partial charge is 0.395 e. The van der Waals surface area contributed by atoms with Crippen LogP contribution < -0.4 is 9.47 Å². The maximum atomic E-state index is 13.2. The monoisotopic (exact) mass is 474 g/mol. The Morgan fingerprint density at radius 3 is 2.62 bits per heavy atom. The van der Waals surface area contributed by atoms with Gasteiger partial charge >= 0.3 is 6.29 Å². The molecule has 2 aromatic rings. The van der Waals surface area contributed by atoms with Crippen LogP contribution in [0.3, 0.4) is 0 Å². The van der Waals surface area contributed by atoms with E-state index in [-0.39, 0.29) is 35.0 Å². The Balaban J connectivity index is 1.38. The van der Waals surface area contributed by atoms with E-state index in [2.05, 4.69) is 19.4 Å².